The van der Waals surface area contributed by atoms with Crippen molar-refractivity contribution < 1.29 is 0 Å². The van der Waals surface area contributed by atoms with Gasteiger partial charge in [-0.2, -0.15) is 0 Å². The van der Waals surface area contributed by atoms with Gasteiger partial charge in [-0.15, -0.1) is 0 Å². The highest BCUT2D eigenvalue weighted by Crippen LogP contribution is 2.39. The molecule has 2 atom stereocenters. The van der Waals surface area contributed by atoms with Crippen LogP contribution < -0.4 is 5.32 Å². The van der Waals surface area contributed by atoms with E-state index < -0.39 is 0 Å². The van der Waals surface area contributed by atoms with Gasteiger partial charge >= 0.3 is 0 Å². The number of rotatable bonds is 2. The molecular formula is C16H23N. The molecule has 0 aliphatic heterocycles. The second-order valence-corrected chi connectivity index (χ2v) is 6.56. The van der Waals surface area contributed by atoms with E-state index in [1.807, 2.05) is 0 Å². The average Bonchev–Trinajstić information content (AvgIpc) is 2.84. The maximum absolute atomic E-state index is 3.89. The van der Waals surface area contributed by atoms with Crippen molar-refractivity contribution in [2.24, 2.45) is 5.41 Å². The van der Waals surface area contributed by atoms with E-state index in [1.165, 1.54) is 32.1 Å². The Balaban J connectivity index is 1.68. The summed E-state index contributed by atoms with van der Waals surface area (Å²) in [6.45, 7) is 4.80. The van der Waals surface area contributed by atoms with Crippen LogP contribution in [0.5, 0.6) is 0 Å². The molecule has 17 heavy (non-hydrogen) atoms. The van der Waals surface area contributed by atoms with Crippen molar-refractivity contribution in [2.75, 3.05) is 0 Å². The molecule has 0 aromatic heterocycles. The smallest absolute Gasteiger partial charge is 0.0328 e. The molecule has 0 saturated heterocycles. The Morgan fingerprint density at radius 3 is 2.76 bits per heavy atom. The maximum Gasteiger partial charge on any atom is 0.0328 e. The molecule has 1 saturated carbocycles. The summed E-state index contributed by atoms with van der Waals surface area (Å²) >= 11 is 0. The van der Waals surface area contributed by atoms with E-state index in [-0.39, 0.29) is 0 Å². The lowest BCUT2D eigenvalue weighted by Crippen LogP contribution is -2.30. The van der Waals surface area contributed by atoms with Crippen LogP contribution in [0.4, 0.5) is 0 Å². The van der Waals surface area contributed by atoms with Crippen molar-refractivity contribution in [3.8, 4) is 0 Å². The Morgan fingerprint density at radius 2 is 2.00 bits per heavy atom. The first-order chi connectivity index (χ1) is 8.14. The third-order valence-electron chi connectivity index (χ3n) is 4.54. The zero-order valence-electron chi connectivity index (χ0n) is 11.0. The van der Waals surface area contributed by atoms with Crippen LogP contribution in [0, 0.1) is 5.41 Å². The van der Waals surface area contributed by atoms with Crippen LogP contribution in [0.2, 0.25) is 0 Å². The second kappa shape index (κ2) is 4.13. The summed E-state index contributed by atoms with van der Waals surface area (Å²) in [6, 6.07) is 10.3. The Hall–Kier alpha value is -0.820. The van der Waals surface area contributed by atoms with E-state index >= 15 is 0 Å². The fourth-order valence-electron chi connectivity index (χ4n) is 3.59. The third-order valence-corrected chi connectivity index (χ3v) is 4.54. The minimum Gasteiger partial charge on any atom is -0.307 e. The van der Waals surface area contributed by atoms with Crippen molar-refractivity contribution in [1.29, 1.82) is 0 Å². The monoisotopic (exact) mass is 229 g/mol. The van der Waals surface area contributed by atoms with Crippen molar-refractivity contribution in [2.45, 2.75) is 58.0 Å². The Bertz CT molecular complexity index is 408. The second-order valence-electron chi connectivity index (χ2n) is 6.56. The molecule has 2 aliphatic rings. The topological polar surface area (TPSA) is 12.0 Å². The highest BCUT2D eigenvalue weighted by Gasteiger charge is 2.33. The standard InChI is InChI=1S/C16H23N/c1-16(2)10-9-13(11-16)17-15-8-7-12-5-3-4-6-14(12)15/h3-6,13,15,17H,7-11H2,1-2H3. The summed E-state index contributed by atoms with van der Waals surface area (Å²) in [5.74, 6) is 0. The van der Waals surface area contributed by atoms with Gasteiger partial charge in [0, 0.05) is 12.1 Å². The van der Waals surface area contributed by atoms with Crippen LogP contribution in [-0.4, -0.2) is 6.04 Å². The first kappa shape index (κ1) is 11.3. The van der Waals surface area contributed by atoms with Gasteiger partial charge in [0.05, 0.1) is 0 Å². The predicted molar refractivity (Wildman–Crippen MR) is 72.1 cm³/mol. The summed E-state index contributed by atoms with van der Waals surface area (Å²) in [5, 5.41) is 3.89. The van der Waals surface area contributed by atoms with Gasteiger partial charge in [-0.3, -0.25) is 0 Å². The lowest BCUT2D eigenvalue weighted by molar-refractivity contribution is 0.352. The fourth-order valence-corrected chi connectivity index (χ4v) is 3.59. The predicted octanol–water partition coefficient (Wildman–Crippen LogP) is 3.84. The summed E-state index contributed by atoms with van der Waals surface area (Å²) in [6.07, 6.45) is 6.61. The normalized spacial score (nSPS) is 30.5. The molecule has 92 valence electrons. The molecule has 1 aromatic rings. The molecule has 0 amide bonds. The van der Waals surface area contributed by atoms with Gasteiger partial charge in [0.25, 0.3) is 0 Å². The number of hydrogen-bond acceptors (Lipinski definition) is 1. The number of fused-ring (bicyclic) bond motifs is 1. The highest BCUT2D eigenvalue weighted by molar-refractivity contribution is 5.34. The van der Waals surface area contributed by atoms with Crippen molar-refractivity contribution in [1.82, 2.24) is 5.32 Å². The van der Waals surface area contributed by atoms with E-state index in [2.05, 4.69) is 43.4 Å². The zero-order chi connectivity index (χ0) is 11.9. The fraction of sp³-hybridized carbons (Fsp3) is 0.625. The molecule has 1 N–H and O–H groups in total. The molecule has 2 unspecified atom stereocenters. The average molecular weight is 229 g/mol. The van der Waals surface area contributed by atoms with Gasteiger partial charge in [-0.05, 0) is 48.6 Å². The van der Waals surface area contributed by atoms with E-state index in [0.29, 0.717) is 11.5 Å². The van der Waals surface area contributed by atoms with Crippen molar-refractivity contribution >= 4 is 0 Å². The minimum absolute atomic E-state index is 0.551. The van der Waals surface area contributed by atoms with E-state index in [4.69, 9.17) is 0 Å². The van der Waals surface area contributed by atoms with Crippen LogP contribution >= 0.6 is 0 Å². The molecule has 1 aromatic carbocycles. The SMILES string of the molecule is CC1(C)CCC(NC2CCc3ccccc32)C1. The van der Waals surface area contributed by atoms with Crippen molar-refractivity contribution in [3.63, 3.8) is 0 Å². The van der Waals surface area contributed by atoms with Gasteiger partial charge in [-0.25, -0.2) is 0 Å². The molecule has 3 rings (SSSR count). The minimum atomic E-state index is 0.551. The van der Waals surface area contributed by atoms with Gasteiger partial charge in [0.2, 0.25) is 0 Å². The van der Waals surface area contributed by atoms with E-state index in [9.17, 15) is 0 Å². The van der Waals surface area contributed by atoms with E-state index in [0.717, 1.165) is 6.04 Å². The highest BCUT2D eigenvalue weighted by atomic mass is 15.0. The van der Waals surface area contributed by atoms with Crippen LogP contribution in [-0.2, 0) is 6.42 Å². The van der Waals surface area contributed by atoms with Crippen LogP contribution in [0.3, 0.4) is 0 Å². The van der Waals surface area contributed by atoms with Gasteiger partial charge in [0.15, 0.2) is 0 Å². The Morgan fingerprint density at radius 1 is 1.18 bits per heavy atom. The van der Waals surface area contributed by atoms with Gasteiger partial charge in [-0.1, -0.05) is 38.1 Å². The van der Waals surface area contributed by atoms with Crippen LogP contribution in [0.1, 0.15) is 56.7 Å². The number of nitrogens with one attached hydrogen (secondary N) is 1. The molecule has 1 heteroatoms. The lowest BCUT2D eigenvalue weighted by Gasteiger charge is -2.22. The summed E-state index contributed by atoms with van der Waals surface area (Å²) in [4.78, 5) is 0. The molecule has 2 aliphatic carbocycles. The van der Waals surface area contributed by atoms with E-state index in [1.54, 1.807) is 11.1 Å². The number of hydrogen-bond donors (Lipinski definition) is 1. The first-order valence-corrected chi connectivity index (χ1v) is 6.98. The largest absolute Gasteiger partial charge is 0.307 e. The molecule has 0 radical (unpaired) electrons. The maximum atomic E-state index is 3.89. The number of aryl methyl sites for hydroxylation is 1. The quantitative estimate of drug-likeness (QED) is 0.812. The number of benzene rings is 1. The van der Waals surface area contributed by atoms with Gasteiger partial charge in [0.1, 0.15) is 0 Å². The summed E-state index contributed by atoms with van der Waals surface area (Å²) in [7, 11) is 0. The first-order valence-electron chi connectivity index (χ1n) is 6.98. The Labute approximate surface area is 105 Å². The third kappa shape index (κ3) is 2.26. The van der Waals surface area contributed by atoms with Crippen molar-refractivity contribution in [3.05, 3.63) is 35.4 Å². The Kier molecular flexibility index (Phi) is 2.74. The van der Waals surface area contributed by atoms with Crippen LogP contribution in [0.15, 0.2) is 24.3 Å². The zero-order valence-corrected chi connectivity index (χ0v) is 11.0. The summed E-state index contributed by atoms with van der Waals surface area (Å²) < 4.78 is 0. The molecule has 1 fully saturated rings. The lowest BCUT2D eigenvalue weighted by atomic mass is 9.91. The molecular weight excluding hydrogens is 206 g/mol. The summed E-state index contributed by atoms with van der Waals surface area (Å²) in [5.41, 5.74) is 3.66. The molecule has 1 nitrogen and oxygen atoms in total. The van der Waals surface area contributed by atoms with Crippen LogP contribution in [0.25, 0.3) is 0 Å². The molecule has 0 bridgehead atoms. The molecule has 0 spiro atoms. The molecule has 0 heterocycles. The van der Waals surface area contributed by atoms with Gasteiger partial charge < -0.3 is 5.32 Å².